The van der Waals surface area contributed by atoms with Gasteiger partial charge in [-0.2, -0.15) is 0 Å². The Morgan fingerprint density at radius 1 is 0.215 bits per heavy atom. The van der Waals surface area contributed by atoms with E-state index in [4.69, 9.17) is 0 Å². The van der Waals surface area contributed by atoms with E-state index in [1.165, 1.54) is 82.3 Å². The number of hydrogen-bond donors (Lipinski definition) is 0. The number of nitrogens with zero attached hydrogens (tertiary/aromatic N) is 1. The first kappa shape index (κ1) is 41.5. The minimum absolute atomic E-state index is 1.09. The monoisotopic (exact) mass is 895 g/mol. The molecule has 312 valence electrons. The Hall–Kier alpha value is -7.46. The van der Waals surface area contributed by atoms with Crippen molar-refractivity contribution < 1.29 is 0 Å². The van der Waals surface area contributed by atoms with Crippen molar-refractivity contribution in [2.24, 2.45) is 0 Å². The second kappa shape index (κ2) is 18.3. The van der Waals surface area contributed by atoms with Gasteiger partial charge in [-0.15, -0.1) is 0 Å². The fourth-order valence-corrected chi connectivity index (χ4v) is 11.2. The van der Waals surface area contributed by atoms with Crippen LogP contribution in [-0.4, -0.2) is 13.3 Å². The zero-order chi connectivity index (χ0) is 44.2. The average Bonchev–Trinajstić information content (AvgIpc) is 3.37. The molecule has 0 amide bonds. The van der Waals surface area contributed by atoms with Crippen molar-refractivity contribution in [3.05, 3.63) is 255 Å². The van der Waals surface area contributed by atoms with Gasteiger partial charge in [0.2, 0.25) is 0 Å². The molecule has 0 atom stereocenters. The molecule has 0 aliphatic rings. The molecule has 0 bridgehead atoms. The predicted octanol–water partition coefficient (Wildman–Crippen LogP) is 17.4. The summed E-state index contributed by atoms with van der Waals surface area (Å²) < 4.78 is 1.52. The van der Waals surface area contributed by atoms with Crippen molar-refractivity contribution in [1.29, 1.82) is 0 Å². The number of anilines is 3. The normalized spacial score (nSPS) is 11.3. The van der Waals surface area contributed by atoms with Gasteiger partial charge >= 0.3 is 176 Å². The number of benzene rings is 10. The van der Waals surface area contributed by atoms with Crippen LogP contribution < -0.4 is 9.30 Å². The van der Waals surface area contributed by atoms with E-state index in [2.05, 4.69) is 277 Å². The molecule has 2 heteroatoms. The van der Waals surface area contributed by atoms with Crippen LogP contribution in [0.1, 0.15) is 0 Å². The van der Waals surface area contributed by atoms with Gasteiger partial charge in [0.1, 0.15) is 0 Å². The molecular formula is C63H51GeN. The molecule has 0 unspecified atom stereocenters. The van der Waals surface area contributed by atoms with E-state index in [0.717, 1.165) is 17.1 Å². The van der Waals surface area contributed by atoms with Crippen LogP contribution in [0.15, 0.2) is 255 Å². The number of rotatable bonds is 11. The third-order valence-corrected chi connectivity index (χ3v) is 16.8. The van der Waals surface area contributed by atoms with Crippen molar-refractivity contribution in [2.75, 3.05) is 4.90 Å². The molecule has 10 aromatic carbocycles. The Labute approximate surface area is 387 Å². The molecule has 1 nitrogen and oxygen atoms in total. The second-order valence-corrected chi connectivity index (χ2v) is 28.5. The van der Waals surface area contributed by atoms with E-state index in [9.17, 15) is 0 Å². The van der Waals surface area contributed by atoms with Crippen LogP contribution in [0.25, 0.3) is 77.9 Å². The van der Waals surface area contributed by atoms with Crippen molar-refractivity contribution >= 4 is 34.7 Å². The van der Waals surface area contributed by atoms with E-state index >= 15 is 0 Å². The molecule has 0 saturated heterocycles. The summed E-state index contributed by atoms with van der Waals surface area (Å²) in [6, 6.07) is 93.0. The zero-order valence-corrected chi connectivity index (χ0v) is 39.3. The Morgan fingerprint density at radius 3 is 0.754 bits per heavy atom. The maximum atomic E-state index is 2.45. The molecule has 0 saturated carbocycles. The molecular weight excluding hydrogens is 843 g/mol. The van der Waals surface area contributed by atoms with Crippen LogP contribution in [-0.2, 0) is 0 Å². The Balaban J connectivity index is 1.02. The summed E-state index contributed by atoms with van der Waals surface area (Å²) in [5.41, 5.74) is 20.2. The van der Waals surface area contributed by atoms with Crippen molar-refractivity contribution in [2.45, 2.75) is 17.3 Å². The van der Waals surface area contributed by atoms with Gasteiger partial charge in [-0.25, -0.2) is 0 Å². The summed E-state index contributed by atoms with van der Waals surface area (Å²) in [4.78, 5) is 2.37. The summed E-state index contributed by atoms with van der Waals surface area (Å²) >= 11 is -1.95. The van der Waals surface area contributed by atoms with Gasteiger partial charge in [-0.3, -0.25) is 0 Å². The molecule has 0 N–H and O–H groups in total. The summed E-state index contributed by atoms with van der Waals surface area (Å²) in [5.74, 6) is 7.36. The predicted molar refractivity (Wildman–Crippen MR) is 282 cm³/mol. The Bertz CT molecular complexity index is 3040. The van der Waals surface area contributed by atoms with E-state index in [1.807, 2.05) is 0 Å². The first-order chi connectivity index (χ1) is 31.8. The van der Waals surface area contributed by atoms with Crippen molar-refractivity contribution in [3.63, 3.8) is 0 Å². The molecule has 0 aliphatic heterocycles. The Kier molecular flexibility index (Phi) is 11.7. The van der Waals surface area contributed by atoms with Gasteiger partial charge < -0.3 is 0 Å². The van der Waals surface area contributed by atoms with Gasteiger partial charge in [0.05, 0.1) is 0 Å². The third-order valence-electron chi connectivity index (χ3n) is 12.4. The third kappa shape index (κ3) is 9.29. The van der Waals surface area contributed by atoms with Crippen LogP contribution in [0.3, 0.4) is 0 Å². The molecule has 65 heavy (non-hydrogen) atoms. The van der Waals surface area contributed by atoms with Gasteiger partial charge in [-0.1, -0.05) is 121 Å². The molecule has 0 aromatic heterocycles. The fraction of sp³-hybridized carbons (Fsp3) is 0.0476. The van der Waals surface area contributed by atoms with Crippen molar-refractivity contribution in [3.8, 4) is 77.9 Å². The molecule has 0 spiro atoms. The van der Waals surface area contributed by atoms with Gasteiger partial charge in [0, 0.05) is 11.4 Å². The maximum absolute atomic E-state index is 2.45. The fourth-order valence-electron chi connectivity index (χ4n) is 8.79. The molecule has 0 fully saturated rings. The van der Waals surface area contributed by atoms with Crippen molar-refractivity contribution in [1.82, 2.24) is 0 Å². The first-order valence-corrected chi connectivity index (χ1v) is 29.9. The van der Waals surface area contributed by atoms with Crippen LogP contribution in [0.5, 0.6) is 0 Å². The SMILES string of the molecule is [CH3][Ge]([CH3])([CH3])[c]1ccc(-c2cc(-c3ccccc3)cc(-c3ccc(N(c4ccc(-c5cccc(-c6ccccc6)c5)cc4)c4ccc(-c5cccc(-c6ccccc6)c5)cc4)cc3)c2)cc1. The van der Waals surface area contributed by atoms with E-state index in [0.29, 0.717) is 0 Å². The van der Waals surface area contributed by atoms with Crippen LogP contribution in [0.2, 0.25) is 17.3 Å². The van der Waals surface area contributed by atoms with Gasteiger partial charge in [-0.05, 0) is 80.9 Å². The van der Waals surface area contributed by atoms with Crippen LogP contribution in [0.4, 0.5) is 17.1 Å². The minimum atomic E-state index is -1.95. The van der Waals surface area contributed by atoms with Gasteiger partial charge in [0.15, 0.2) is 0 Å². The first-order valence-electron chi connectivity index (χ1n) is 22.6. The quantitative estimate of drug-likeness (QED) is 0.117. The zero-order valence-electron chi connectivity index (χ0n) is 37.2. The standard InChI is InChI=1S/C63H51GeN/c1-64(2,3)60-33-25-51(26-34-60)58-43-57(48-19-11-6-12-20-48)44-59(45-58)52-31-39-63(40-32-52)65(61-35-27-49(28-36-61)55-23-13-21-53(41-55)46-15-7-4-8-16-46)62-37-29-50(30-38-62)56-24-14-22-54(42-56)47-17-9-5-10-18-47/h4-45H,1-3H3. The molecule has 0 aliphatic carbocycles. The van der Waals surface area contributed by atoms with E-state index in [1.54, 1.807) is 0 Å². The second-order valence-electron chi connectivity index (χ2n) is 17.9. The van der Waals surface area contributed by atoms with E-state index in [-0.39, 0.29) is 0 Å². The molecule has 0 radical (unpaired) electrons. The van der Waals surface area contributed by atoms with E-state index < -0.39 is 13.3 Å². The Morgan fingerprint density at radius 2 is 0.446 bits per heavy atom. The summed E-state index contributed by atoms with van der Waals surface area (Å²) in [7, 11) is 0. The average molecular weight is 895 g/mol. The molecule has 10 rings (SSSR count). The molecule has 0 heterocycles. The summed E-state index contributed by atoms with van der Waals surface area (Å²) in [5, 5.41) is 0. The van der Waals surface area contributed by atoms with Crippen LogP contribution in [0, 0.1) is 0 Å². The summed E-state index contributed by atoms with van der Waals surface area (Å²) in [6.07, 6.45) is 0. The summed E-state index contributed by atoms with van der Waals surface area (Å²) in [6.45, 7) is 0. The number of hydrogen-bond acceptors (Lipinski definition) is 1. The van der Waals surface area contributed by atoms with Crippen LogP contribution >= 0.6 is 0 Å². The topological polar surface area (TPSA) is 3.24 Å². The van der Waals surface area contributed by atoms with Gasteiger partial charge in [0.25, 0.3) is 0 Å². The molecule has 10 aromatic rings.